The summed E-state index contributed by atoms with van der Waals surface area (Å²) in [5.74, 6) is -0.248. The topological polar surface area (TPSA) is 77.5 Å². The average Bonchev–Trinajstić information content (AvgIpc) is 2.69. The number of esters is 1. The molecular weight excluding hydrogens is 344 g/mol. The lowest BCUT2D eigenvalue weighted by atomic mass is 10.1. The number of hydrogen-bond acceptors (Lipinski definition) is 5. The van der Waals surface area contributed by atoms with Crippen LogP contribution in [0.4, 0.5) is 0 Å². The number of methoxy groups -OCH3 is 1. The van der Waals surface area contributed by atoms with Crippen molar-refractivity contribution < 1.29 is 19.1 Å². The summed E-state index contributed by atoms with van der Waals surface area (Å²) >= 11 is 0. The fourth-order valence-electron chi connectivity index (χ4n) is 2.78. The summed E-state index contributed by atoms with van der Waals surface area (Å²) in [6, 6.07) is 16.4. The summed E-state index contributed by atoms with van der Waals surface area (Å²) in [7, 11) is 1.57. The minimum absolute atomic E-state index is 0.289. The number of pyridine rings is 1. The van der Waals surface area contributed by atoms with Crippen LogP contribution in [0, 0.1) is 6.92 Å². The molecule has 1 N–H and O–H groups in total. The predicted molar refractivity (Wildman–Crippen MR) is 102 cm³/mol. The second-order valence-electron chi connectivity index (χ2n) is 5.99. The number of carbonyl (C=O) groups is 2. The van der Waals surface area contributed by atoms with Gasteiger partial charge in [0.15, 0.2) is 6.61 Å². The lowest BCUT2D eigenvalue weighted by Gasteiger charge is -2.10. The van der Waals surface area contributed by atoms with Gasteiger partial charge in [0, 0.05) is 23.2 Å². The van der Waals surface area contributed by atoms with Gasteiger partial charge in [-0.1, -0.05) is 36.4 Å². The molecule has 1 heterocycles. The van der Waals surface area contributed by atoms with Crippen molar-refractivity contribution in [1.82, 2.24) is 10.3 Å². The largest absolute Gasteiger partial charge is 0.496 e. The summed E-state index contributed by atoms with van der Waals surface area (Å²) < 4.78 is 10.4. The Bertz CT molecular complexity index is 985. The molecule has 0 aliphatic heterocycles. The molecule has 138 valence electrons. The van der Waals surface area contributed by atoms with Crippen molar-refractivity contribution in [2.75, 3.05) is 13.7 Å². The molecule has 6 heteroatoms. The maximum absolute atomic E-state index is 12.4. The van der Waals surface area contributed by atoms with E-state index in [0.29, 0.717) is 27.9 Å². The van der Waals surface area contributed by atoms with Crippen molar-refractivity contribution >= 4 is 22.8 Å². The van der Waals surface area contributed by atoms with E-state index in [1.807, 2.05) is 49.4 Å². The Kier molecular flexibility index (Phi) is 5.66. The van der Waals surface area contributed by atoms with Gasteiger partial charge in [0.2, 0.25) is 0 Å². The fraction of sp³-hybridized carbons (Fsp3) is 0.190. The fourth-order valence-corrected chi connectivity index (χ4v) is 2.78. The summed E-state index contributed by atoms with van der Waals surface area (Å²) in [6.07, 6.45) is 0. The molecular formula is C21H20N2O4. The minimum atomic E-state index is -0.552. The number of ether oxygens (including phenoxy) is 2. The number of carbonyl (C=O) groups excluding carboxylic acids is 2. The summed E-state index contributed by atoms with van der Waals surface area (Å²) in [5.41, 5.74) is 2.66. The molecule has 0 unspecified atom stereocenters. The monoisotopic (exact) mass is 364 g/mol. The van der Waals surface area contributed by atoms with Gasteiger partial charge in [-0.15, -0.1) is 0 Å². The standard InChI is InChI=1S/C21H20N2O4/c1-14-11-17(16-8-4-5-9-18(16)23-14)21(25)27-13-20(24)22-12-15-7-3-6-10-19(15)26-2/h3-11H,12-13H2,1-2H3,(H,22,24). The number of amides is 1. The zero-order chi connectivity index (χ0) is 19.2. The Balaban J connectivity index is 1.62. The Morgan fingerprint density at radius 2 is 1.81 bits per heavy atom. The minimum Gasteiger partial charge on any atom is -0.496 e. The number of rotatable bonds is 6. The SMILES string of the molecule is COc1ccccc1CNC(=O)COC(=O)c1cc(C)nc2ccccc12. The Morgan fingerprint density at radius 3 is 2.63 bits per heavy atom. The second-order valence-corrected chi connectivity index (χ2v) is 5.99. The number of hydrogen-bond donors (Lipinski definition) is 1. The van der Waals surface area contributed by atoms with Gasteiger partial charge in [-0.05, 0) is 25.1 Å². The number of fused-ring (bicyclic) bond motifs is 1. The van der Waals surface area contributed by atoms with Crippen LogP contribution >= 0.6 is 0 Å². The molecule has 0 radical (unpaired) electrons. The van der Waals surface area contributed by atoms with Crippen molar-refractivity contribution in [1.29, 1.82) is 0 Å². The zero-order valence-corrected chi connectivity index (χ0v) is 15.2. The molecule has 0 saturated heterocycles. The molecule has 2 aromatic carbocycles. The number of benzene rings is 2. The third-order valence-electron chi connectivity index (χ3n) is 4.07. The van der Waals surface area contributed by atoms with Crippen LogP contribution in [0.5, 0.6) is 5.75 Å². The highest BCUT2D eigenvalue weighted by atomic mass is 16.5. The van der Waals surface area contributed by atoms with E-state index in [9.17, 15) is 9.59 Å². The number of aryl methyl sites for hydroxylation is 1. The molecule has 0 aliphatic rings. The van der Waals surface area contributed by atoms with E-state index in [0.717, 1.165) is 5.56 Å². The highest BCUT2D eigenvalue weighted by molar-refractivity contribution is 6.04. The molecule has 1 aromatic heterocycles. The van der Waals surface area contributed by atoms with Crippen molar-refractivity contribution in [3.63, 3.8) is 0 Å². The van der Waals surface area contributed by atoms with E-state index >= 15 is 0 Å². The third kappa shape index (κ3) is 4.41. The first-order valence-electron chi connectivity index (χ1n) is 8.50. The zero-order valence-electron chi connectivity index (χ0n) is 15.2. The van der Waals surface area contributed by atoms with E-state index in [1.165, 1.54) is 0 Å². The molecule has 0 bridgehead atoms. The van der Waals surface area contributed by atoms with Gasteiger partial charge in [-0.3, -0.25) is 9.78 Å². The van der Waals surface area contributed by atoms with E-state index in [1.54, 1.807) is 19.2 Å². The number of aromatic nitrogens is 1. The molecule has 3 rings (SSSR count). The Hall–Kier alpha value is -3.41. The third-order valence-corrected chi connectivity index (χ3v) is 4.07. The number of nitrogens with zero attached hydrogens (tertiary/aromatic N) is 1. The van der Waals surface area contributed by atoms with Gasteiger partial charge in [0.05, 0.1) is 18.2 Å². The van der Waals surface area contributed by atoms with Crippen molar-refractivity contribution in [2.24, 2.45) is 0 Å². The van der Waals surface area contributed by atoms with Gasteiger partial charge in [0.1, 0.15) is 5.75 Å². The van der Waals surface area contributed by atoms with Crippen LogP contribution in [0.25, 0.3) is 10.9 Å². The van der Waals surface area contributed by atoms with Crippen LogP contribution in [0.15, 0.2) is 54.6 Å². The molecule has 0 spiro atoms. The van der Waals surface area contributed by atoms with Gasteiger partial charge in [-0.25, -0.2) is 4.79 Å². The quantitative estimate of drug-likeness (QED) is 0.680. The average molecular weight is 364 g/mol. The summed E-state index contributed by atoms with van der Waals surface area (Å²) in [6.45, 7) is 1.74. The second kappa shape index (κ2) is 8.31. The molecule has 27 heavy (non-hydrogen) atoms. The number of para-hydroxylation sites is 2. The van der Waals surface area contributed by atoms with E-state index < -0.39 is 5.97 Å². The molecule has 0 atom stereocenters. The summed E-state index contributed by atoms with van der Waals surface area (Å²) in [5, 5.41) is 3.42. The van der Waals surface area contributed by atoms with E-state index in [2.05, 4.69) is 10.3 Å². The van der Waals surface area contributed by atoms with Crippen LogP contribution in [-0.4, -0.2) is 30.6 Å². The maximum Gasteiger partial charge on any atom is 0.339 e. The van der Waals surface area contributed by atoms with Crippen molar-refractivity contribution in [3.8, 4) is 5.75 Å². The van der Waals surface area contributed by atoms with Crippen molar-refractivity contribution in [2.45, 2.75) is 13.5 Å². The van der Waals surface area contributed by atoms with Gasteiger partial charge in [-0.2, -0.15) is 0 Å². The van der Waals surface area contributed by atoms with Gasteiger partial charge < -0.3 is 14.8 Å². The van der Waals surface area contributed by atoms with E-state index in [-0.39, 0.29) is 19.1 Å². The van der Waals surface area contributed by atoms with Crippen LogP contribution in [0.3, 0.4) is 0 Å². The van der Waals surface area contributed by atoms with Gasteiger partial charge in [0.25, 0.3) is 5.91 Å². The Morgan fingerprint density at radius 1 is 1.07 bits per heavy atom. The van der Waals surface area contributed by atoms with Crippen LogP contribution in [0.2, 0.25) is 0 Å². The molecule has 1 amide bonds. The first-order valence-corrected chi connectivity index (χ1v) is 8.50. The van der Waals surface area contributed by atoms with Crippen LogP contribution < -0.4 is 10.1 Å². The van der Waals surface area contributed by atoms with Crippen LogP contribution in [-0.2, 0) is 16.1 Å². The van der Waals surface area contributed by atoms with Crippen molar-refractivity contribution in [3.05, 3.63) is 71.4 Å². The molecule has 0 aliphatic carbocycles. The van der Waals surface area contributed by atoms with Crippen LogP contribution in [0.1, 0.15) is 21.6 Å². The molecule has 3 aromatic rings. The predicted octanol–water partition coefficient (Wildman–Crippen LogP) is 3.03. The Labute approximate surface area is 157 Å². The number of nitrogens with one attached hydrogen (secondary N) is 1. The normalized spacial score (nSPS) is 10.4. The molecule has 0 saturated carbocycles. The first kappa shape index (κ1) is 18.4. The highest BCUT2D eigenvalue weighted by Gasteiger charge is 2.15. The van der Waals surface area contributed by atoms with Gasteiger partial charge >= 0.3 is 5.97 Å². The maximum atomic E-state index is 12.4. The lowest BCUT2D eigenvalue weighted by molar-refractivity contribution is -0.124. The lowest BCUT2D eigenvalue weighted by Crippen LogP contribution is -2.28. The highest BCUT2D eigenvalue weighted by Crippen LogP contribution is 2.19. The smallest absolute Gasteiger partial charge is 0.339 e. The molecule has 6 nitrogen and oxygen atoms in total. The molecule has 0 fully saturated rings. The summed E-state index contributed by atoms with van der Waals surface area (Å²) in [4.78, 5) is 28.9. The van der Waals surface area contributed by atoms with E-state index in [4.69, 9.17) is 9.47 Å². The first-order chi connectivity index (χ1) is 13.1.